The Hall–Kier alpha value is -1.10. The molecular weight excluding hydrogens is 232 g/mol. The maximum absolute atomic E-state index is 12.2. The molecule has 5 heteroatoms. The van der Waals surface area contributed by atoms with Gasteiger partial charge in [-0.25, -0.2) is 0 Å². The highest BCUT2D eigenvalue weighted by molar-refractivity contribution is 5.89. The summed E-state index contributed by atoms with van der Waals surface area (Å²) in [5.41, 5.74) is -0.504. The third-order valence-electron chi connectivity index (χ3n) is 3.27. The van der Waals surface area contributed by atoms with Crippen LogP contribution in [0.25, 0.3) is 0 Å². The molecule has 2 amide bonds. The summed E-state index contributed by atoms with van der Waals surface area (Å²) in [7, 11) is 0. The Bertz CT molecular complexity index is 323. The summed E-state index contributed by atoms with van der Waals surface area (Å²) < 4.78 is 0. The van der Waals surface area contributed by atoms with Crippen LogP contribution in [0.1, 0.15) is 40.5 Å². The molecule has 0 aromatic rings. The van der Waals surface area contributed by atoms with Gasteiger partial charge in [-0.3, -0.25) is 9.59 Å². The average molecular weight is 256 g/mol. The third-order valence-corrected chi connectivity index (χ3v) is 3.27. The van der Waals surface area contributed by atoms with Crippen molar-refractivity contribution in [2.45, 2.75) is 52.6 Å². The molecule has 5 nitrogen and oxygen atoms in total. The van der Waals surface area contributed by atoms with Crippen molar-refractivity contribution in [3.05, 3.63) is 0 Å². The van der Waals surface area contributed by atoms with Crippen LogP contribution in [-0.4, -0.2) is 47.1 Å². The van der Waals surface area contributed by atoms with Crippen molar-refractivity contribution in [2.75, 3.05) is 13.2 Å². The Labute approximate surface area is 109 Å². The van der Waals surface area contributed by atoms with E-state index >= 15 is 0 Å². The number of aliphatic hydroxyl groups excluding tert-OH is 1. The van der Waals surface area contributed by atoms with Gasteiger partial charge in [0.2, 0.25) is 11.8 Å². The van der Waals surface area contributed by atoms with Gasteiger partial charge in [0.25, 0.3) is 0 Å². The molecule has 104 valence electrons. The molecule has 2 atom stereocenters. The summed E-state index contributed by atoms with van der Waals surface area (Å²) >= 11 is 0. The van der Waals surface area contributed by atoms with Gasteiger partial charge in [-0.1, -0.05) is 20.8 Å². The number of hydrogen-bond acceptors (Lipinski definition) is 3. The van der Waals surface area contributed by atoms with E-state index in [1.54, 1.807) is 11.8 Å². The average Bonchev–Trinajstić information content (AvgIpc) is 2.74. The summed E-state index contributed by atoms with van der Waals surface area (Å²) in [5, 5.41) is 11.9. The number of likely N-dealkylation sites (tertiary alicyclic amines) is 1. The normalized spacial score (nSPS) is 21.8. The van der Waals surface area contributed by atoms with Gasteiger partial charge >= 0.3 is 0 Å². The van der Waals surface area contributed by atoms with Gasteiger partial charge in [0, 0.05) is 12.0 Å². The van der Waals surface area contributed by atoms with Crippen LogP contribution in [0.2, 0.25) is 0 Å². The van der Waals surface area contributed by atoms with Crippen LogP contribution >= 0.6 is 0 Å². The number of nitrogens with one attached hydrogen (secondary N) is 1. The summed E-state index contributed by atoms with van der Waals surface area (Å²) in [5.74, 6) is -0.243. The molecule has 1 aliphatic rings. The Morgan fingerprint density at radius 2 is 2.06 bits per heavy atom. The fraction of sp³-hybridized carbons (Fsp3) is 0.846. The van der Waals surface area contributed by atoms with Crippen LogP contribution < -0.4 is 5.32 Å². The molecule has 0 aliphatic carbocycles. The van der Waals surface area contributed by atoms with Crippen molar-refractivity contribution in [3.8, 4) is 0 Å². The van der Waals surface area contributed by atoms with Gasteiger partial charge in [-0.05, 0) is 19.8 Å². The fourth-order valence-corrected chi connectivity index (χ4v) is 2.04. The minimum absolute atomic E-state index is 0.00826. The van der Waals surface area contributed by atoms with E-state index in [1.807, 2.05) is 20.8 Å². The highest BCUT2D eigenvalue weighted by Gasteiger charge is 2.32. The number of rotatable bonds is 3. The van der Waals surface area contributed by atoms with E-state index in [2.05, 4.69) is 5.32 Å². The van der Waals surface area contributed by atoms with Crippen LogP contribution in [0.4, 0.5) is 0 Å². The number of nitrogens with zero attached hydrogens (tertiary/aromatic N) is 1. The van der Waals surface area contributed by atoms with Gasteiger partial charge in [0.05, 0.1) is 12.6 Å². The quantitative estimate of drug-likeness (QED) is 0.773. The van der Waals surface area contributed by atoms with E-state index in [9.17, 15) is 14.7 Å². The lowest BCUT2D eigenvalue weighted by molar-refractivity contribution is -0.139. The van der Waals surface area contributed by atoms with Gasteiger partial charge in [-0.15, -0.1) is 0 Å². The standard InChI is InChI=1S/C13H24N2O3/c1-9(14-12(18)13(2,3)4)11(17)15-7-5-6-10(15)8-16/h9-10,16H,5-8H2,1-4H3,(H,14,18)/t9?,10-/m0/s1. The van der Waals surface area contributed by atoms with Crippen molar-refractivity contribution < 1.29 is 14.7 Å². The molecule has 1 heterocycles. The Morgan fingerprint density at radius 3 is 2.56 bits per heavy atom. The van der Waals surface area contributed by atoms with Gasteiger partial charge < -0.3 is 15.3 Å². The predicted octanol–water partition coefficient (Wildman–Crippen LogP) is 0.520. The number of aliphatic hydroxyl groups is 1. The first-order valence-electron chi connectivity index (χ1n) is 6.49. The monoisotopic (exact) mass is 256 g/mol. The zero-order chi connectivity index (χ0) is 13.9. The highest BCUT2D eigenvalue weighted by atomic mass is 16.3. The summed E-state index contributed by atoms with van der Waals surface area (Å²) in [6, 6.07) is -0.629. The second-order valence-corrected chi connectivity index (χ2v) is 5.96. The molecule has 1 rings (SSSR count). The van der Waals surface area contributed by atoms with Crippen LogP contribution in [0.15, 0.2) is 0 Å². The van der Waals surface area contributed by atoms with Crippen molar-refractivity contribution in [2.24, 2.45) is 5.41 Å². The van der Waals surface area contributed by atoms with Gasteiger partial charge in [0.15, 0.2) is 0 Å². The molecule has 0 aromatic carbocycles. The zero-order valence-corrected chi connectivity index (χ0v) is 11.7. The zero-order valence-electron chi connectivity index (χ0n) is 11.7. The van der Waals surface area contributed by atoms with Crippen LogP contribution in [0, 0.1) is 5.41 Å². The first-order chi connectivity index (χ1) is 8.27. The smallest absolute Gasteiger partial charge is 0.245 e. The molecular formula is C13H24N2O3. The number of amides is 2. The van der Waals surface area contributed by atoms with Crippen molar-refractivity contribution >= 4 is 11.8 Å². The second kappa shape index (κ2) is 5.69. The summed E-state index contributed by atoms with van der Waals surface area (Å²) in [6.45, 7) is 7.79. The van der Waals surface area contributed by atoms with Crippen LogP contribution in [0.5, 0.6) is 0 Å². The molecule has 1 fully saturated rings. The minimum atomic E-state index is -0.538. The molecule has 1 saturated heterocycles. The molecule has 0 bridgehead atoms. The van der Waals surface area contributed by atoms with E-state index in [0.717, 1.165) is 12.8 Å². The third kappa shape index (κ3) is 3.45. The van der Waals surface area contributed by atoms with Crippen LogP contribution in [-0.2, 0) is 9.59 Å². The predicted molar refractivity (Wildman–Crippen MR) is 68.9 cm³/mol. The van der Waals surface area contributed by atoms with Crippen LogP contribution in [0.3, 0.4) is 0 Å². The molecule has 18 heavy (non-hydrogen) atoms. The van der Waals surface area contributed by atoms with E-state index in [0.29, 0.717) is 6.54 Å². The first kappa shape index (κ1) is 15.0. The fourth-order valence-electron chi connectivity index (χ4n) is 2.04. The van der Waals surface area contributed by atoms with Gasteiger partial charge in [0.1, 0.15) is 6.04 Å². The largest absolute Gasteiger partial charge is 0.394 e. The lowest BCUT2D eigenvalue weighted by atomic mass is 9.95. The van der Waals surface area contributed by atoms with E-state index in [4.69, 9.17) is 0 Å². The molecule has 0 spiro atoms. The highest BCUT2D eigenvalue weighted by Crippen LogP contribution is 2.18. The topological polar surface area (TPSA) is 69.6 Å². The molecule has 2 N–H and O–H groups in total. The first-order valence-corrected chi connectivity index (χ1v) is 6.49. The maximum atomic E-state index is 12.2. The summed E-state index contributed by atoms with van der Waals surface area (Å²) in [6.07, 6.45) is 1.75. The number of carbonyl (C=O) groups excluding carboxylic acids is 2. The molecule has 1 unspecified atom stereocenters. The van der Waals surface area contributed by atoms with Crippen molar-refractivity contribution in [1.82, 2.24) is 10.2 Å². The lowest BCUT2D eigenvalue weighted by Gasteiger charge is -2.28. The Balaban J connectivity index is 2.59. The van der Waals surface area contributed by atoms with Crippen molar-refractivity contribution in [3.63, 3.8) is 0 Å². The summed E-state index contributed by atoms with van der Waals surface area (Å²) in [4.78, 5) is 25.7. The molecule has 1 aliphatic heterocycles. The van der Waals surface area contributed by atoms with E-state index < -0.39 is 11.5 Å². The molecule has 0 saturated carbocycles. The van der Waals surface area contributed by atoms with E-state index in [1.165, 1.54) is 0 Å². The second-order valence-electron chi connectivity index (χ2n) is 5.96. The minimum Gasteiger partial charge on any atom is -0.394 e. The van der Waals surface area contributed by atoms with Crippen molar-refractivity contribution in [1.29, 1.82) is 0 Å². The molecule has 0 radical (unpaired) electrons. The number of carbonyl (C=O) groups is 2. The SMILES string of the molecule is CC(NC(=O)C(C)(C)C)C(=O)N1CCC[C@H]1CO. The number of hydrogen-bond donors (Lipinski definition) is 2. The molecule has 0 aromatic heterocycles. The van der Waals surface area contributed by atoms with Gasteiger partial charge in [-0.2, -0.15) is 0 Å². The Morgan fingerprint density at radius 1 is 1.44 bits per heavy atom. The van der Waals surface area contributed by atoms with E-state index in [-0.39, 0.29) is 24.5 Å². The maximum Gasteiger partial charge on any atom is 0.245 e. The lowest BCUT2D eigenvalue weighted by Crippen LogP contribution is -2.51. The Kier molecular flexibility index (Phi) is 4.73.